The molecule has 5 rings (SSSR count). The number of rotatable bonds is 12. The summed E-state index contributed by atoms with van der Waals surface area (Å²) in [5.74, 6) is -0.0271. The molecule has 8 heteroatoms. The molecule has 0 fully saturated rings. The highest BCUT2D eigenvalue weighted by molar-refractivity contribution is 5.80. The second-order valence-electron chi connectivity index (χ2n) is 10.9. The van der Waals surface area contributed by atoms with Crippen LogP contribution in [0.2, 0.25) is 0 Å². The monoisotopic (exact) mass is 607 g/mol. The van der Waals surface area contributed by atoms with Gasteiger partial charge in [0, 0.05) is 5.92 Å². The van der Waals surface area contributed by atoms with Crippen molar-refractivity contribution in [1.29, 1.82) is 0 Å². The summed E-state index contributed by atoms with van der Waals surface area (Å²) < 4.78 is 23.0. The lowest BCUT2D eigenvalue weighted by Gasteiger charge is -2.37. The molecule has 1 aliphatic rings. The van der Waals surface area contributed by atoms with Crippen molar-refractivity contribution in [3.8, 4) is 11.5 Å². The molecule has 0 spiro atoms. The van der Waals surface area contributed by atoms with Crippen molar-refractivity contribution in [2.75, 3.05) is 27.4 Å². The van der Waals surface area contributed by atoms with E-state index in [0.29, 0.717) is 11.5 Å². The minimum atomic E-state index is -1.40. The van der Waals surface area contributed by atoms with E-state index >= 15 is 0 Å². The molecule has 2 unspecified atom stereocenters. The van der Waals surface area contributed by atoms with Crippen LogP contribution in [-0.2, 0) is 19.9 Å². The maximum Gasteiger partial charge on any atom is 0.407 e. The largest absolute Gasteiger partial charge is 0.497 e. The first-order valence-corrected chi connectivity index (χ1v) is 14.7. The molecule has 2 atom stereocenters. The fourth-order valence-electron chi connectivity index (χ4n) is 5.86. The Balaban J connectivity index is 1.42. The number of hydrogen-bond donors (Lipinski definition) is 2. The van der Waals surface area contributed by atoms with Crippen LogP contribution in [0.3, 0.4) is 0 Å². The van der Waals surface area contributed by atoms with E-state index in [1.807, 2.05) is 104 Å². The molecule has 0 saturated heterocycles. The Bertz CT molecular complexity index is 1620. The number of carboxylic acid groups (broad SMARTS) is 1. The van der Waals surface area contributed by atoms with Gasteiger partial charge in [0.05, 0.1) is 20.8 Å². The van der Waals surface area contributed by atoms with Crippen molar-refractivity contribution in [1.82, 2.24) is 5.32 Å². The number of benzene rings is 4. The van der Waals surface area contributed by atoms with E-state index in [9.17, 15) is 14.7 Å². The summed E-state index contributed by atoms with van der Waals surface area (Å²) in [7, 11) is 3.18. The Morgan fingerprint density at radius 3 is 1.87 bits per heavy atom. The van der Waals surface area contributed by atoms with Crippen LogP contribution in [0.1, 0.15) is 47.6 Å². The van der Waals surface area contributed by atoms with E-state index in [4.69, 9.17) is 18.9 Å². The van der Waals surface area contributed by atoms with E-state index in [0.717, 1.165) is 39.0 Å². The quantitative estimate of drug-likeness (QED) is 0.171. The number of hydrogen-bond acceptors (Lipinski definition) is 6. The number of carboxylic acids is 1. The van der Waals surface area contributed by atoms with E-state index in [1.165, 1.54) is 0 Å². The van der Waals surface area contributed by atoms with E-state index in [-0.39, 0.29) is 19.1 Å². The van der Waals surface area contributed by atoms with Gasteiger partial charge in [0.1, 0.15) is 23.7 Å². The molecule has 0 saturated carbocycles. The Labute approximate surface area is 263 Å². The molecule has 1 aliphatic carbocycles. The summed E-state index contributed by atoms with van der Waals surface area (Å²) in [5.41, 5.74) is 5.50. The Kier molecular flexibility index (Phi) is 9.54. The van der Waals surface area contributed by atoms with Crippen LogP contribution in [0.5, 0.6) is 11.5 Å². The topological polar surface area (TPSA) is 103 Å². The third kappa shape index (κ3) is 6.42. The van der Waals surface area contributed by atoms with Crippen molar-refractivity contribution < 1.29 is 33.6 Å². The van der Waals surface area contributed by atoms with Gasteiger partial charge in [-0.2, -0.15) is 0 Å². The number of carbonyl (C=O) groups is 2. The lowest BCUT2D eigenvalue weighted by Crippen LogP contribution is -2.47. The van der Waals surface area contributed by atoms with Gasteiger partial charge in [0.25, 0.3) is 0 Å². The predicted molar refractivity (Wildman–Crippen MR) is 172 cm³/mol. The molecule has 4 aromatic carbocycles. The van der Waals surface area contributed by atoms with E-state index in [1.54, 1.807) is 14.2 Å². The molecule has 2 N–H and O–H groups in total. The minimum absolute atomic E-state index is 0.0882. The smallest absolute Gasteiger partial charge is 0.407 e. The van der Waals surface area contributed by atoms with E-state index in [2.05, 4.69) is 18.3 Å². The second kappa shape index (κ2) is 13.7. The summed E-state index contributed by atoms with van der Waals surface area (Å²) in [5, 5.41) is 12.7. The zero-order valence-corrected chi connectivity index (χ0v) is 25.8. The zero-order valence-electron chi connectivity index (χ0n) is 25.8. The maximum atomic E-state index is 13.0. The number of aliphatic carboxylic acids is 1. The van der Waals surface area contributed by atoms with Crippen molar-refractivity contribution in [3.05, 3.63) is 137 Å². The number of amides is 1. The number of fused-ring (bicyclic) bond motifs is 1. The van der Waals surface area contributed by atoms with Crippen molar-refractivity contribution in [2.24, 2.45) is 0 Å². The number of ether oxygens (including phenoxy) is 4. The fourth-order valence-corrected chi connectivity index (χ4v) is 5.86. The molecule has 8 nitrogen and oxygen atoms in total. The van der Waals surface area contributed by atoms with Crippen LogP contribution in [0.25, 0.3) is 5.57 Å². The summed E-state index contributed by atoms with van der Waals surface area (Å²) in [4.78, 5) is 25.5. The van der Waals surface area contributed by atoms with E-state index < -0.39 is 23.7 Å². The first-order chi connectivity index (χ1) is 21.8. The molecule has 0 aromatic heterocycles. The third-order valence-electron chi connectivity index (χ3n) is 8.47. The summed E-state index contributed by atoms with van der Waals surface area (Å²) >= 11 is 0. The molecule has 0 heterocycles. The highest BCUT2D eigenvalue weighted by Crippen LogP contribution is 2.43. The van der Waals surface area contributed by atoms with Crippen LogP contribution in [0, 0.1) is 0 Å². The average Bonchev–Trinajstić information content (AvgIpc) is 3.32. The number of methoxy groups -OCH3 is 2. The van der Waals surface area contributed by atoms with Gasteiger partial charge in [-0.1, -0.05) is 84.4 Å². The van der Waals surface area contributed by atoms with Gasteiger partial charge in [0.15, 0.2) is 6.04 Å². The zero-order chi connectivity index (χ0) is 32.0. The SMILES string of the molecule is COc1ccc(C(OCC(NC(=O)OCC2C(C)=C(C)c3ccccc32)C(=O)O)(c2ccccc2)c2ccc(OC)cc2)cc1. The van der Waals surface area contributed by atoms with Crippen LogP contribution in [-0.4, -0.2) is 50.6 Å². The molecule has 232 valence electrons. The predicted octanol–water partition coefficient (Wildman–Crippen LogP) is 6.78. The summed E-state index contributed by atoms with van der Waals surface area (Å²) in [6, 6.07) is 31.0. The summed E-state index contributed by atoms with van der Waals surface area (Å²) in [6.45, 7) is 3.81. The Hall–Kier alpha value is -5.08. The van der Waals surface area contributed by atoms with Crippen molar-refractivity contribution >= 4 is 17.6 Å². The third-order valence-corrected chi connectivity index (χ3v) is 8.47. The molecular weight excluding hydrogens is 570 g/mol. The van der Waals surface area contributed by atoms with Crippen molar-refractivity contribution in [3.63, 3.8) is 0 Å². The lowest BCUT2D eigenvalue weighted by molar-refractivity contribution is -0.142. The van der Waals surface area contributed by atoms with Crippen LogP contribution in [0.15, 0.2) is 109 Å². The highest BCUT2D eigenvalue weighted by atomic mass is 16.6. The first kappa shape index (κ1) is 31.3. The van der Waals surface area contributed by atoms with Gasteiger partial charge in [-0.15, -0.1) is 0 Å². The average molecular weight is 608 g/mol. The standard InChI is InChI=1S/C37H37NO7/c1-24-25(2)33(32-13-9-8-12-31(24)32)22-44-36(41)38-34(35(39)40)23-45-37(26-10-6-5-7-11-26,27-14-18-29(42-3)19-15-27)28-16-20-30(43-4)21-17-28/h5-21,33-34H,22-23H2,1-4H3,(H,38,41)(H,39,40). The Morgan fingerprint density at radius 1 is 0.778 bits per heavy atom. The number of carbonyl (C=O) groups excluding carboxylic acids is 1. The molecule has 0 bridgehead atoms. The van der Waals surface area contributed by atoms with Crippen LogP contribution >= 0.6 is 0 Å². The molecule has 0 aliphatic heterocycles. The van der Waals surface area contributed by atoms with Crippen LogP contribution < -0.4 is 14.8 Å². The second-order valence-corrected chi connectivity index (χ2v) is 10.9. The molecule has 4 aromatic rings. The molecule has 1 amide bonds. The van der Waals surface area contributed by atoms with Gasteiger partial charge in [0.2, 0.25) is 0 Å². The van der Waals surface area contributed by atoms with Gasteiger partial charge in [-0.3, -0.25) is 0 Å². The maximum absolute atomic E-state index is 13.0. The Morgan fingerprint density at radius 2 is 1.31 bits per heavy atom. The normalized spacial score (nSPS) is 14.8. The molecule has 45 heavy (non-hydrogen) atoms. The summed E-state index contributed by atoms with van der Waals surface area (Å²) in [6.07, 6.45) is -0.833. The molecular formula is C37H37NO7. The van der Waals surface area contributed by atoms with Gasteiger partial charge in [-0.25, -0.2) is 9.59 Å². The van der Waals surface area contributed by atoms with Gasteiger partial charge in [-0.05, 0) is 71.5 Å². The van der Waals surface area contributed by atoms with Gasteiger partial charge < -0.3 is 29.4 Å². The number of allylic oxidation sites excluding steroid dienone is 1. The minimum Gasteiger partial charge on any atom is -0.497 e. The lowest BCUT2D eigenvalue weighted by atomic mass is 9.80. The fraction of sp³-hybridized carbons (Fsp3) is 0.243. The van der Waals surface area contributed by atoms with Crippen molar-refractivity contribution in [2.45, 2.75) is 31.4 Å². The number of nitrogens with one attached hydrogen (secondary N) is 1. The van der Waals surface area contributed by atoms with Crippen LogP contribution in [0.4, 0.5) is 4.79 Å². The van der Waals surface area contributed by atoms with Gasteiger partial charge >= 0.3 is 12.1 Å². The highest BCUT2D eigenvalue weighted by Gasteiger charge is 2.39. The molecule has 0 radical (unpaired) electrons. The first-order valence-electron chi connectivity index (χ1n) is 14.7. The number of alkyl carbamates (subject to hydrolysis) is 1.